The van der Waals surface area contributed by atoms with E-state index < -0.39 is 0 Å². The molecule has 126 valence electrons. The van der Waals surface area contributed by atoms with Crippen LogP contribution in [0.3, 0.4) is 0 Å². The molecule has 2 aromatic rings. The van der Waals surface area contributed by atoms with E-state index in [9.17, 15) is 4.79 Å². The lowest BCUT2D eigenvalue weighted by Gasteiger charge is -2.30. The maximum Gasteiger partial charge on any atom is 0.272 e. The molecule has 1 fully saturated rings. The molecular weight excluding hydrogens is 300 g/mol. The zero-order valence-corrected chi connectivity index (χ0v) is 14.3. The van der Waals surface area contributed by atoms with Gasteiger partial charge >= 0.3 is 0 Å². The van der Waals surface area contributed by atoms with E-state index in [2.05, 4.69) is 22.2 Å². The van der Waals surface area contributed by atoms with Crippen LogP contribution in [0.15, 0.2) is 36.4 Å². The molecule has 1 atom stereocenters. The molecule has 1 N–H and O–H groups in total. The van der Waals surface area contributed by atoms with Crippen LogP contribution in [0.2, 0.25) is 0 Å². The number of hydrogen-bond donors (Lipinski definition) is 1. The number of nitrogens with one attached hydrogen (secondary N) is 1. The number of piperidine rings is 1. The predicted octanol–water partition coefficient (Wildman–Crippen LogP) is 3.27. The van der Waals surface area contributed by atoms with E-state index >= 15 is 0 Å². The van der Waals surface area contributed by atoms with Crippen LogP contribution in [0.1, 0.15) is 41.5 Å². The average molecular weight is 324 g/mol. The summed E-state index contributed by atoms with van der Waals surface area (Å²) in [6.07, 6.45) is 2.26. The number of rotatable bonds is 4. The number of aromatic nitrogens is 2. The van der Waals surface area contributed by atoms with Gasteiger partial charge in [0.1, 0.15) is 5.69 Å². The SMILES string of the molecule is Cc1cc(C(=O)N2CCCC(C)C2)nc(NCc2ccccc2)n1. The van der Waals surface area contributed by atoms with Crippen molar-refractivity contribution < 1.29 is 4.79 Å². The molecule has 1 aliphatic rings. The number of nitrogens with zero attached hydrogens (tertiary/aromatic N) is 3. The summed E-state index contributed by atoms with van der Waals surface area (Å²) >= 11 is 0. The van der Waals surface area contributed by atoms with Gasteiger partial charge in [0, 0.05) is 25.3 Å². The molecular formula is C19H24N4O. The average Bonchev–Trinajstić information content (AvgIpc) is 2.60. The number of hydrogen-bond acceptors (Lipinski definition) is 4. The summed E-state index contributed by atoms with van der Waals surface area (Å²) in [4.78, 5) is 23.5. The van der Waals surface area contributed by atoms with E-state index in [1.807, 2.05) is 42.2 Å². The van der Waals surface area contributed by atoms with Crippen molar-refractivity contribution in [2.45, 2.75) is 33.2 Å². The molecule has 1 aliphatic heterocycles. The fourth-order valence-corrected chi connectivity index (χ4v) is 3.07. The molecule has 1 amide bonds. The van der Waals surface area contributed by atoms with Crippen molar-refractivity contribution in [2.24, 2.45) is 5.92 Å². The Labute approximate surface area is 143 Å². The summed E-state index contributed by atoms with van der Waals surface area (Å²) in [7, 11) is 0. The number of benzene rings is 1. The summed E-state index contributed by atoms with van der Waals surface area (Å²) in [6.45, 7) is 6.36. The van der Waals surface area contributed by atoms with E-state index in [0.29, 0.717) is 24.1 Å². The molecule has 0 aliphatic carbocycles. The van der Waals surface area contributed by atoms with Crippen LogP contribution in [0, 0.1) is 12.8 Å². The number of carbonyl (C=O) groups excluding carboxylic acids is 1. The van der Waals surface area contributed by atoms with E-state index in [1.165, 1.54) is 6.42 Å². The van der Waals surface area contributed by atoms with Crippen LogP contribution in [0.5, 0.6) is 0 Å². The molecule has 1 saturated heterocycles. The largest absolute Gasteiger partial charge is 0.350 e. The standard InChI is InChI=1S/C19H24N4O/c1-14-7-6-10-23(13-14)18(24)17-11-15(2)21-19(22-17)20-12-16-8-4-3-5-9-16/h3-5,8-9,11,14H,6-7,10,12-13H2,1-2H3,(H,20,21,22). The van der Waals surface area contributed by atoms with E-state index in [-0.39, 0.29) is 5.91 Å². The van der Waals surface area contributed by atoms with Crippen LogP contribution in [-0.2, 0) is 6.54 Å². The Hall–Kier alpha value is -2.43. The summed E-state index contributed by atoms with van der Waals surface area (Å²) < 4.78 is 0. The van der Waals surface area contributed by atoms with Crippen molar-refractivity contribution in [1.29, 1.82) is 0 Å². The minimum atomic E-state index is 0.00908. The second-order valence-electron chi connectivity index (χ2n) is 6.56. The van der Waals surface area contributed by atoms with Crippen LogP contribution in [0.25, 0.3) is 0 Å². The van der Waals surface area contributed by atoms with Gasteiger partial charge in [-0.1, -0.05) is 37.3 Å². The monoisotopic (exact) mass is 324 g/mol. The zero-order chi connectivity index (χ0) is 16.9. The number of aryl methyl sites for hydroxylation is 1. The fourth-order valence-electron chi connectivity index (χ4n) is 3.07. The van der Waals surface area contributed by atoms with Crippen LogP contribution >= 0.6 is 0 Å². The van der Waals surface area contributed by atoms with E-state index in [1.54, 1.807) is 6.07 Å². The summed E-state index contributed by atoms with van der Waals surface area (Å²) in [5.41, 5.74) is 2.43. The molecule has 5 nitrogen and oxygen atoms in total. The Morgan fingerprint density at radius 1 is 1.29 bits per heavy atom. The van der Waals surface area contributed by atoms with Crippen LogP contribution in [-0.4, -0.2) is 33.9 Å². The first-order valence-electron chi connectivity index (χ1n) is 8.54. The normalized spacial score (nSPS) is 17.6. The molecule has 5 heteroatoms. The van der Waals surface area contributed by atoms with Crippen molar-refractivity contribution in [3.63, 3.8) is 0 Å². The summed E-state index contributed by atoms with van der Waals surface area (Å²) in [6, 6.07) is 11.9. The third-order valence-corrected chi connectivity index (χ3v) is 4.31. The number of carbonyl (C=O) groups is 1. The first-order chi connectivity index (χ1) is 11.6. The van der Waals surface area contributed by atoms with Gasteiger partial charge in [-0.25, -0.2) is 9.97 Å². The summed E-state index contributed by atoms with van der Waals surface area (Å²) in [5, 5.41) is 3.22. The smallest absolute Gasteiger partial charge is 0.272 e. The highest BCUT2D eigenvalue weighted by molar-refractivity contribution is 5.92. The topological polar surface area (TPSA) is 58.1 Å². The van der Waals surface area contributed by atoms with E-state index in [0.717, 1.165) is 30.8 Å². The van der Waals surface area contributed by atoms with Gasteiger partial charge in [-0.2, -0.15) is 0 Å². The highest BCUT2D eigenvalue weighted by atomic mass is 16.2. The maximum atomic E-state index is 12.7. The molecule has 0 bridgehead atoms. The molecule has 1 aromatic heterocycles. The Morgan fingerprint density at radius 2 is 2.08 bits per heavy atom. The van der Waals surface area contributed by atoms with Gasteiger partial charge in [-0.15, -0.1) is 0 Å². The highest BCUT2D eigenvalue weighted by Gasteiger charge is 2.23. The molecule has 0 radical (unpaired) electrons. The van der Waals surface area contributed by atoms with Crippen molar-refractivity contribution >= 4 is 11.9 Å². The quantitative estimate of drug-likeness (QED) is 0.938. The number of likely N-dealkylation sites (tertiary alicyclic amines) is 1. The lowest BCUT2D eigenvalue weighted by atomic mass is 10.00. The fraction of sp³-hybridized carbons (Fsp3) is 0.421. The van der Waals surface area contributed by atoms with Crippen LogP contribution in [0.4, 0.5) is 5.95 Å². The second-order valence-corrected chi connectivity index (χ2v) is 6.56. The van der Waals surface area contributed by atoms with Gasteiger partial charge < -0.3 is 10.2 Å². The zero-order valence-electron chi connectivity index (χ0n) is 14.3. The lowest BCUT2D eigenvalue weighted by molar-refractivity contribution is 0.0677. The Kier molecular flexibility index (Phi) is 5.08. The van der Waals surface area contributed by atoms with Gasteiger partial charge in [0.25, 0.3) is 5.91 Å². The second kappa shape index (κ2) is 7.43. The minimum Gasteiger partial charge on any atom is -0.350 e. The van der Waals surface area contributed by atoms with Crippen molar-refractivity contribution in [2.75, 3.05) is 18.4 Å². The van der Waals surface area contributed by atoms with Crippen LogP contribution < -0.4 is 5.32 Å². The molecule has 24 heavy (non-hydrogen) atoms. The minimum absolute atomic E-state index is 0.00908. The molecule has 1 unspecified atom stereocenters. The molecule has 2 heterocycles. The highest BCUT2D eigenvalue weighted by Crippen LogP contribution is 2.18. The first-order valence-corrected chi connectivity index (χ1v) is 8.54. The first kappa shape index (κ1) is 16.4. The van der Waals surface area contributed by atoms with E-state index in [4.69, 9.17) is 0 Å². The van der Waals surface area contributed by atoms with Gasteiger partial charge in [-0.3, -0.25) is 4.79 Å². The third kappa shape index (κ3) is 4.10. The number of amides is 1. The van der Waals surface area contributed by atoms with Gasteiger partial charge in [0.2, 0.25) is 5.95 Å². The molecule has 0 spiro atoms. The molecule has 0 saturated carbocycles. The van der Waals surface area contributed by atoms with Gasteiger partial charge in [-0.05, 0) is 37.3 Å². The van der Waals surface area contributed by atoms with Gasteiger partial charge in [0.15, 0.2) is 0 Å². The van der Waals surface area contributed by atoms with Gasteiger partial charge in [0.05, 0.1) is 0 Å². The Balaban J connectivity index is 1.72. The third-order valence-electron chi connectivity index (χ3n) is 4.31. The van der Waals surface area contributed by atoms with Crippen molar-refractivity contribution in [3.05, 3.63) is 53.3 Å². The molecule has 1 aromatic carbocycles. The predicted molar refractivity (Wildman–Crippen MR) is 94.8 cm³/mol. The Morgan fingerprint density at radius 3 is 2.83 bits per heavy atom. The van der Waals surface area contributed by atoms with Crippen molar-refractivity contribution in [3.8, 4) is 0 Å². The maximum absolute atomic E-state index is 12.7. The Bertz CT molecular complexity index is 702. The molecule has 3 rings (SSSR count). The number of anilines is 1. The lowest BCUT2D eigenvalue weighted by Crippen LogP contribution is -2.39. The van der Waals surface area contributed by atoms with Crippen molar-refractivity contribution in [1.82, 2.24) is 14.9 Å². The summed E-state index contributed by atoms with van der Waals surface area (Å²) in [5.74, 6) is 1.07.